The fourth-order valence-corrected chi connectivity index (χ4v) is 4.38. The van der Waals surface area contributed by atoms with Crippen molar-refractivity contribution in [2.45, 2.75) is 25.8 Å². The van der Waals surface area contributed by atoms with Crippen LogP contribution in [0.4, 0.5) is 0 Å². The van der Waals surface area contributed by atoms with Gasteiger partial charge in [-0.05, 0) is 49.8 Å². The van der Waals surface area contributed by atoms with Crippen LogP contribution in [0, 0.1) is 18.8 Å². The summed E-state index contributed by atoms with van der Waals surface area (Å²) in [5, 5.41) is 0.994. The fourth-order valence-electron chi connectivity index (χ4n) is 4.01. The second-order valence-corrected chi connectivity index (χ2v) is 7.49. The molecule has 4 nitrogen and oxygen atoms in total. The molecule has 4 rings (SSSR count). The Hall–Kier alpha value is -1.33. The van der Waals surface area contributed by atoms with Crippen LogP contribution in [-0.2, 0) is 0 Å². The van der Waals surface area contributed by atoms with Gasteiger partial charge in [0.2, 0.25) is 0 Å². The van der Waals surface area contributed by atoms with Crippen molar-refractivity contribution in [3.05, 3.63) is 34.0 Å². The minimum atomic E-state index is 0.00595. The summed E-state index contributed by atoms with van der Waals surface area (Å²) in [6.45, 7) is 3.54. The second-order valence-electron chi connectivity index (χ2n) is 6.57. The number of halogens is 1. The van der Waals surface area contributed by atoms with Gasteiger partial charge in [-0.15, -0.1) is 0 Å². The number of fused-ring (bicyclic) bond motifs is 2. The van der Waals surface area contributed by atoms with Gasteiger partial charge in [0.25, 0.3) is 5.91 Å². The van der Waals surface area contributed by atoms with Gasteiger partial charge in [-0.2, -0.15) is 0 Å². The summed E-state index contributed by atoms with van der Waals surface area (Å²) in [7, 11) is 0. The third kappa shape index (κ3) is 2.10. The predicted octanol–water partition coefficient (Wildman–Crippen LogP) is 3.31. The first-order valence-electron chi connectivity index (χ1n) is 7.78. The Morgan fingerprint density at radius 3 is 2.95 bits per heavy atom. The number of likely N-dealkylation sites (tertiary alicyclic amines) is 1. The lowest BCUT2D eigenvalue weighted by Gasteiger charge is -2.17. The lowest BCUT2D eigenvalue weighted by molar-refractivity contribution is 0.0749. The Kier molecular flexibility index (Phi) is 3.31. The molecule has 2 N–H and O–H groups in total. The first kappa shape index (κ1) is 14.3. The molecule has 3 atom stereocenters. The molecule has 116 valence electrons. The molecule has 1 saturated heterocycles. The van der Waals surface area contributed by atoms with Crippen molar-refractivity contribution in [1.82, 2.24) is 4.90 Å². The summed E-state index contributed by atoms with van der Waals surface area (Å²) in [5.41, 5.74) is 7.85. The van der Waals surface area contributed by atoms with Gasteiger partial charge in [-0.3, -0.25) is 4.79 Å². The van der Waals surface area contributed by atoms with Crippen molar-refractivity contribution in [2.24, 2.45) is 17.6 Å². The quantitative estimate of drug-likeness (QED) is 0.846. The van der Waals surface area contributed by atoms with Crippen LogP contribution in [0.5, 0.6) is 0 Å². The lowest BCUT2D eigenvalue weighted by atomic mass is 9.98. The third-order valence-corrected chi connectivity index (χ3v) is 5.79. The maximum absolute atomic E-state index is 12.8. The number of benzene rings is 1. The molecule has 2 heterocycles. The second kappa shape index (κ2) is 5.10. The van der Waals surface area contributed by atoms with Gasteiger partial charge in [-0.25, -0.2) is 0 Å². The van der Waals surface area contributed by atoms with E-state index < -0.39 is 0 Å². The zero-order chi connectivity index (χ0) is 15.4. The van der Waals surface area contributed by atoms with E-state index in [1.807, 2.05) is 30.0 Å². The van der Waals surface area contributed by atoms with Gasteiger partial charge in [0, 0.05) is 34.6 Å². The van der Waals surface area contributed by atoms with Crippen molar-refractivity contribution in [2.75, 3.05) is 13.1 Å². The number of aryl methyl sites for hydroxylation is 1. The Morgan fingerprint density at radius 2 is 2.18 bits per heavy atom. The zero-order valence-electron chi connectivity index (χ0n) is 12.5. The smallest absolute Gasteiger partial charge is 0.289 e. The van der Waals surface area contributed by atoms with Gasteiger partial charge in [-0.1, -0.05) is 15.9 Å². The number of carbonyl (C=O) groups is 1. The molecule has 2 fully saturated rings. The van der Waals surface area contributed by atoms with Crippen LogP contribution in [0.3, 0.4) is 0 Å². The molecule has 1 saturated carbocycles. The predicted molar refractivity (Wildman–Crippen MR) is 88.7 cm³/mol. The highest BCUT2D eigenvalue weighted by Crippen LogP contribution is 2.38. The summed E-state index contributed by atoms with van der Waals surface area (Å²) < 4.78 is 6.82. The van der Waals surface area contributed by atoms with E-state index in [0.29, 0.717) is 17.6 Å². The first-order chi connectivity index (χ1) is 10.5. The number of carbonyl (C=O) groups excluding carboxylic acids is 1. The Balaban J connectivity index is 1.65. The maximum atomic E-state index is 12.8. The number of hydrogen-bond donors (Lipinski definition) is 1. The summed E-state index contributed by atoms with van der Waals surface area (Å²) in [4.78, 5) is 14.8. The third-order valence-electron chi connectivity index (χ3n) is 5.29. The minimum Gasteiger partial charge on any atom is -0.451 e. The Morgan fingerprint density at radius 1 is 1.36 bits per heavy atom. The van der Waals surface area contributed by atoms with Crippen LogP contribution in [0.25, 0.3) is 11.0 Å². The van der Waals surface area contributed by atoms with Crippen LogP contribution >= 0.6 is 15.9 Å². The average molecular weight is 363 g/mol. The van der Waals surface area contributed by atoms with Gasteiger partial charge in [0.05, 0.1) is 0 Å². The molecule has 2 aromatic rings. The van der Waals surface area contributed by atoms with Crippen LogP contribution in [0.1, 0.15) is 29.0 Å². The normalized spacial score (nSPS) is 27.6. The number of rotatable bonds is 1. The number of nitrogens with two attached hydrogens (primary N) is 1. The molecule has 0 bridgehead atoms. The highest BCUT2D eigenvalue weighted by Gasteiger charge is 2.43. The topological polar surface area (TPSA) is 59.5 Å². The molecule has 1 aromatic carbocycles. The standard InChI is InChI=1S/C17H19BrN2O2/c1-9-12-6-11(18)3-5-15(12)22-16(9)17(21)20-7-10-2-4-14(19)13(10)8-20/h3,5-6,10,13-14H,2,4,7-8,19H2,1H3. The van der Waals surface area contributed by atoms with Gasteiger partial charge >= 0.3 is 0 Å². The number of hydrogen-bond acceptors (Lipinski definition) is 3. The fraction of sp³-hybridized carbons (Fsp3) is 0.471. The molecule has 22 heavy (non-hydrogen) atoms. The minimum absolute atomic E-state index is 0.00595. The Bertz CT molecular complexity index is 754. The first-order valence-corrected chi connectivity index (χ1v) is 8.57. The van der Waals surface area contributed by atoms with E-state index in [4.69, 9.17) is 10.2 Å². The molecule has 5 heteroatoms. The van der Waals surface area contributed by atoms with Crippen LogP contribution < -0.4 is 5.73 Å². The largest absolute Gasteiger partial charge is 0.451 e. The van der Waals surface area contributed by atoms with Crippen molar-refractivity contribution in [3.8, 4) is 0 Å². The summed E-state index contributed by atoms with van der Waals surface area (Å²) >= 11 is 3.47. The van der Waals surface area contributed by atoms with E-state index in [0.717, 1.165) is 46.9 Å². The molecule has 1 amide bonds. The van der Waals surface area contributed by atoms with Crippen molar-refractivity contribution >= 4 is 32.8 Å². The maximum Gasteiger partial charge on any atom is 0.289 e. The molecule has 0 spiro atoms. The van der Waals surface area contributed by atoms with Crippen molar-refractivity contribution in [1.29, 1.82) is 0 Å². The van der Waals surface area contributed by atoms with Crippen LogP contribution in [-0.4, -0.2) is 29.9 Å². The molecule has 1 aliphatic carbocycles. The molecule has 1 aliphatic heterocycles. The lowest BCUT2D eigenvalue weighted by Crippen LogP contribution is -2.33. The van der Waals surface area contributed by atoms with E-state index in [-0.39, 0.29) is 11.9 Å². The zero-order valence-corrected chi connectivity index (χ0v) is 14.1. The van der Waals surface area contributed by atoms with Gasteiger partial charge < -0.3 is 15.1 Å². The van der Waals surface area contributed by atoms with Gasteiger partial charge in [0.1, 0.15) is 5.58 Å². The molecule has 2 aliphatic rings. The summed E-state index contributed by atoms with van der Waals surface area (Å²) in [5.74, 6) is 1.51. The molecular formula is C17H19BrN2O2. The number of nitrogens with zero attached hydrogens (tertiary/aromatic N) is 1. The SMILES string of the molecule is Cc1c(C(=O)N2CC3CCC(N)C3C2)oc2ccc(Br)cc12. The molecule has 1 aromatic heterocycles. The van der Waals surface area contributed by atoms with E-state index in [1.165, 1.54) is 0 Å². The number of amides is 1. The molecular weight excluding hydrogens is 344 g/mol. The average Bonchev–Trinajstić information content (AvgIpc) is 3.15. The Labute approximate surface area is 137 Å². The van der Waals surface area contributed by atoms with Crippen molar-refractivity contribution < 1.29 is 9.21 Å². The summed E-state index contributed by atoms with van der Waals surface area (Å²) in [6.07, 6.45) is 2.23. The molecule has 0 radical (unpaired) electrons. The van der Waals surface area contributed by atoms with Crippen LogP contribution in [0.15, 0.2) is 27.1 Å². The number of furan rings is 1. The van der Waals surface area contributed by atoms with E-state index in [9.17, 15) is 4.79 Å². The highest BCUT2D eigenvalue weighted by atomic mass is 79.9. The highest BCUT2D eigenvalue weighted by molar-refractivity contribution is 9.10. The van der Waals surface area contributed by atoms with Crippen molar-refractivity contribution in [3.63, 3.8) is 0 Å². The van der Waals surface area contributed by atoms with Crippen LogP contribution in [0.2, 0.25) is 0 Å². The van der Waals surface area contributed by atoms with E-state index in [2.05, 4.69) is 15.9 Å². The van der Waals surface area contributed by atoms with E-state index in [1.54, 1.807) is 0 Å². The molecule has 3 unspecified atom stereocenters. The van der Waals surface area contributed by atoms with E-state index >= 15 is 0 Å². The van der Waals surface area contributed by atoms with Gasteiger partial charge in [0.15, 0.2) is 5.76 Å². The monoisotopic (exact) mass is 362 g/mol. The summed E-state index contributed by atoms with van der Waals surface area (Å²) in [6, 6.07) is 6.08.